The van der Waals surface area contributed by atoms with Gasteiger partial charge in [-0.25, -0.2) is 4.39 Å². The number of rotatable bonds is 7. The molecule has 1 amide bonds. The molecular weight excluding hydrogens is 395 g/mol. The molecule has 1 aliphatic rings. The minimum absolute atomic E-state index is 0.0342. The molecule has 5 heteroatoms. The minimum atomic E-state index is -0.262. The van der Waals surface area contributed by atoms with Crippen LogP contribution in [0.25, 0.3) is 0 Å². The van der Waals surface area contributed by atoms with E-state index in [0.29, 0.717) is 19.0 Å². The largest absolute Gasteiger partial charge is 0.337 e. The molecule has 0 radical (unpaired) electrons. The van der Waals surface area contributed by atoms with E-state index in [1.807, 2.05) is 37.2 Å². The lowest BCUT2D eigenvalue weighted by Crippen LogP contribution is -2.37. The molecule has 138 valence electrons. The van der Waals surface area contributed by atoms with E-state index in [1.54, 1.807) is 6.07 Å². The molecule has 26 heavy (non-hydrogen) atoms. The molecule has 2 atom stereocenters. The summed E-state index contributed by atoms with van der Waals surface area (Å²) in [6, 6.07) is 14.7. The van der Waals surface area contributed by atoms with Crippen LogP contribution in [0.3, 0.4) is 0 Å². The summed E-state index contributed by atoms with van der Waals surface area (Å²) in [6.07, 6.45) is 0.891. The summed E-state index contributed by atoms with van der Waals surface area (Å²) in [5.74, 6) is 0.238. The normalized spacial score (nSPS) is 18.8. The highest BCUT2D eigenvalue weighted by atomic mass is 79.9. The summed E-state index contributed by atoms with van der Waals surface area (Å²) >= 11 is 3.45. The Morgan fingerprint density at radius 1 is 1.15 bits per heavy atom. The van der Waals surface area contributed by atoms with Crippen molar-refractivity contribution in [2.45, 2.75) is 18.9 Å². The number of carbonyl (C=O) groups is 1. The van der Waals surface area contributed by atoms with E-state index in [1.165, 1.54) is 17.7 Å². The standard InChI is InChI=1S/C21H24BrFN2O/c1-24(2)10-11-25(14-15-4-3-5-18(23)12-15)21(26)20-13-19(20)16-6-8-17(22)9-7-16/h3-9,12,19-20H,10-11,13-14H2,1-2H3. The number of carbonyl (C=O) groups excluding carboxylic acids is 1. The molecule has 3 nitrogen and oxygen atoms in total. The van der Waals surface area contributed by atoms with Gasteiger partial charge in [-0.3, -0.25) is 4.79 Å². The molecule has 1 saturated carbocycles. The Labute approximate surface area is 162 Å². The van der Waals surface area contributed by atoms with E-state index in [0.717, 1.165) is 23.0 Å². The highest BCUT2D eigenvalue weighted by Crippen LogP contribution is 2.48. The van der Waals surface area contributed by atoms with Gasteiger partial charge in [0, 0.05) is 30.0 Å². The molecule has 1 fully saturated rings. The average Bonchev–Trinajstić information content (AvgIpc) is 3.39. The topological polar surface area (TPSA) is 23.6 Å². The molecular formula is C21H24BrFN2O. The average molecular weight is 419 g/mol. The zero-order valence-corrected chi connectivity index (χ0v) is 16.7. The van der Waals surface area contributed by atoms with Gasteiger partial charge in [0.15, 0.2) is 0 Å². The predicted molar refractivity (Wildman–Crippen MR) is 105 cm³/mol. The van der Waals surface area contributed by atoms with Gasteiger partial charge in [-0.15, -0.1) is 0 Å². The summed E-state index contributed by atoms with van der Waals surface area (Å²) in [5, 5.41) is 0. The highest BCUT2D eigenvalue weighted by Gasteiger charge is 2.45. The fourth-order valence-electron chi connectivity index (χ4n) is 3.22. The lowest BCUT2D eigenvalue weighted by molar-refractivity contribution is -0.133. The quantitative estimate of drug-likeness (QED) is 0.669. The smallest absolute Gasteiger partial charge is 0.226 e. The van der Waals surface area contributed by atoms with Crippen LogP contribution in [0.15, 0.2) is 53.0 Å². The molecule has 0 aromatic heterocycles. The Morgan fingerprint density at radius 3 is 2.54 bits per heavy atom. The van der Waals surface area contributed by atoms with Crippen molar-refractivity contribution >= 4 is 21.8 Å². The second-order valence-corrected chi connectivity index (χ2v) is 8.11. The lowest BCUT2D eigenvalue weighted by Gasteiger charge is -2.25. The predicted octanol–water partition coefficient (Wildman–Crippen LogP) is 4.28. The van der Waals surface area contributed by atoms with Crippen LogP contribution in [0, 0.1) is 11.7 Å². The SMILES string of the molecule is CN(C)CCN(Cc1cccc(F)c1)C(=O)C1CC1c1ccc(Br)cc1. The van der Waals surface area contributed by atoms with Crippen LogP contribution in [-0.4, -0.2) is 42.9 Å². The second-order valence-electron chi connectivity index (χ2n) is 7.19. The molecule has 1 aliphatic carbocycles. The Morgan fingerprint density at radius 2 is 1.88 bits per heavy atom. The fraction of sp³-hybridized carbons (Fsp3) is 0.381. The van der Waals surface area contributed by atoms with E-state index in [2.05, 4.69) is 33.0 Å². The van der Waals surface area contributed by atoms with Crippen molar-refractivity contribution in [2.24, 2.45) is 5.92 Å². The van der Waals surface area contributed by atoms with Crippen LogP contribution in [0.2, 0.25) is 0 Å². The van der Waals surface area contributed by atoms with Gasteiger partial charge in [-0.05, 0) is 61.8 Å². The Kier molecular flexibility index (Phi) is 6.09. The maximum Gasteiger partial charge on any atom is 0.226 e. The molecule has 2 unspecified atom stereocenters. The van der Waals surface area contributed by atoms with E-state index in [-0.39, 0.29) is 17.6 Å². The van der Waals surface area contributed by atoms with Crippen molar-refractivity contribution < 1.29 is 9.18 Å². The maximum atomic E-state index is 13.5. The first-order valence-electron chi connectivity index (χ1n) is 8.87. The third-order valence-corrected chi connectivity index (χ3v) is 5.33. The van der Waals surface area contributed by atoms with Crippen molar-refractivity contribution in [1.29, 1.82) is 0 Å². The van der Waals surface area contributed by atoms with Gasteiger partial charge < -0.3 is 9.80 Å². The lowest BCUT2D eigenvalue weighted by atomic mass is 10.1. The zero-order valence-electron chi connectivity index (χ0n) is 15.2. The molecule has 0 spiro atoms. The van der Waals surface area contributed by atoms with Crippen molar-refractivity contribution in [3.8, 4) is 0 Å². The van der Waals surface area contributed by atoms with Crippen LogP contribution >= 0.6 is 15.9 Å². The summed E-state index contributed by atoms with van der Waals surface area (Å²) < 4.78 is 14.5. The van der Waals surface area contributed by atoms with Gasteiger partial charge in [0.1, 0.15) is 5.82 Å². The monoisotopic (exact) mass is 418 g/mol. The second kappa shape index (κ2) is 8.31. The number of benzene rings is 2. The van der Waals surface area contributed by atoms with Crippen molar-refractivity contribution in [1.82, 2.24) is 9.80 Å². The van der Waals surface area contributed by atoms with Gasteiger partial charge in [0.05, 0.1) is 0 Å². The van der Waals surface area contributed by atoms with Crippen LogP contribution in [0.4, 0.5) is 4.39 Å². The Balaban J connectivity index is 1.69. The summed E-state index contributed by atoms with van der Waals surface area (Å²) in [5.41, 5.74) is 2.04. The fourth-order valence-corrected chi connectivity index (χ4v) is 3.49. The molecule has 0 aliphatic heterocycles. The van der Waals surface area contributed by atoms with Crippen LogP contribution < -0.4 is 0 Å². The van der Waals surface area contributed by atoms with Crippen LogP contribution in [0.5, 0.6) is 0 Å². The van der Waals surface area contributed by atoms with Crippen molar-refractivity contribution in [2.75, 3.05) is 27.2 Å². The van der Waals surface area contributed by atoms with Gasteiger partial charge in [-0.1, -0.05) is 40.2 Å². The number of likely N-dealkylation sites (N-methyl/N-ethyl adjacent to an activating group) is 1. The molecule has 3 rings (SSSR count). The van der Waals surface area contributed by atoms with Crippen molar-refractivity contribution in [3.05, 3.63) is 69.9 Å². The number of hydrogen-bond acceptors (Lipinski definition) is 2. The van der Waals surface area contributed by atoms with E-state index in [4.69, 9.17) is 0 Å². The summed E-state index contributed by atoms with van der Waals surface area (Å²) in [7, 11) is 3.99. The Bertz CT molecular complexity index is 763. The number of nitrogens with zero attached hydrogens (tertiary/aromatic N) is 2. The first-order chi connectivity index (χ1) is 12.4. The van der Waals surface area contributed by atoms with Crippen molar-refractivity contribution in [3.63, 3.8) is 0 Å². The van der Waals surface area contributed by atoms with Gasteiger partial charge in [-0.2, -0.15) is 0 Å². The first-order valence-corrected chi connectivity index (χ1v) is 9.67. The maximum absolute atomic E-state index is 13.5. The van der Waals surface area contributed by atoms with E-state index >= 15 is 0 Å². The summed E-state index contributed by atoms with van der Waals surface area (Å²) in [6.45, 7) is 1.89. The minimum Gasteiger partial charge on any atom is -0.337 e. The van der Waals surface area contributed by atoms with Crippen LogP contribution in [0.1, 0.15) is 23.5 Å². The molecule has 2 aromatic carbocycles. The van der Waals surface area contributed by atoms with E-state index < -0.39 is 0 Å². The molecule has 0 N–H and O–H groups in total. The van der Waals surface area contributed by atoms with Gasteiger partial charge in [0.2, 0.25) is 5.91 Å². The zero-order chi connectivity index (χ0) is 18.7. The van der Waals surface area contributed by atoms with Crippen LogP contribution in [-0.2, 0) is 11.3 Å². The van der Waals surface area contributed by atoms with Gasteiger partial charge >= 0.3 is 0 Å². The third kappa shape index (κ3) is 4.92. The first kappa shape index (κ1) is 19.1. The molecule has 0 heterocycles. The number of hydrogen-bond donors (Lipinski definition) is 0. The Hall–Kier alpha value is -1.72. The molecule has 0 saturated heterocycles. The molecule has 0 bridgehead atoms. The third-order valence-electron chi connectivity index (χ3n) is 4.80. The van der Waals surface area contributed by atoms with Gasteiger partial charge in [0.25, 0.3) is 0 Å². The van der Waals surface area contributed by atoms with E-state index in [9.17, 15) is 9.18 Å². The highest BCUT2D eigenvalue weighted by molar-refractivity contribution is 9.10. The molecule has 2 aromatic rings. The number of amides is 1. The number of halogens is 2. The summed E-state index contributed by atoms with van der Waals surface area (Å²) in [4.78, 5) is 17.0.